The van der Waals surface area contributed by atoms with Crippen molar-refractivity contribution in [2.24, 2.45) is 0 Å². The van der Waals surface area contributed by atoms with Gasteiger partial charge in [0.1, 0.15) is 5.75 Å². The minimum absolute atomic E-state index is 0.139. The van der Waals surface area contributed by atoms with Gasteiger partial charge in [-0.05, 0) is 23.8 Å². The number of esters is 1. The lowest BCUT2D eigenvalue weighted by Crippen LogP contribution is -2.28. The topological polar surface area (TPSA) is 72.0 Å². The van der Waals surface area contributed by atoms with Crippen molar-refractivity contribution in [3.05, 3.63) is 70.3 Å². The average Bonchev–Trinajstić information content (AvgIpc) is 2.55. The molecule has 0 bridgehead atoms. The zero-order valence-electron chi connectivity index (χ0n) is 11.6. The van der Waals surface area contributed by atoms with Crippen molar-refractivity contribution < 1.29 is 9.53 Å². The van der Waals surface area contributed by atoms with Crippen molar-refractivity contribution in [1.29, 1.82) is 0 Å². The number of ether oxygens (including phenoxy) is 1. The Labute approximate surface area is 125 Å². The molecule has 1 atom stereocenters. The molecule has 5 heteroatoms. The van der Waals surface area contributed by atoms with Gasteiger partial charge in [0.2, 0.25) is 0 Å². The molecule has 4 rings (SSSR count). The quantitative estimate of drug-likeness (QED) is 0.699. The molecule has 0 spiro atoms. The van der Waals surface area contributed by atoms with E-state index in [0.717, 1.165) is 10.9 Å². The van der Waals surface area contributed by atoms with Gasteiger partial charge in [-0.2, -0.15) is 0 Å². The van der Waals surface area contributed by atoms with E-state index in [1.54, 1.807) is 24.5 Å². The van der Waals surface area contributed by atoms with Gasteiger partial charge in [-0.3, -0.25) is 14.6 Å². The van der Waals surface area contributed by atoms with Crippen molar-refractivity contribution in [2.75, 3.05) is 0 Å². The Bertz CT molecular complexity index is 932. The van der Waals surface area contributed by atoms with Gasteiger partial charge < -0.3 is 9.72 Å². The number of aromatic nitrogens is 2. The maximum Gasteiger partial charge on any atom is 0.312 e. The molecule has 3 aromatic rings. The Hall–Kier alpha value is -2.95. The van der Waals surface area contributed by atoms with Crippen LogP contribution in [0.4, 0.5) is 0 Å². The second-order valence-corrected chi connectivity index (χ2v) is 5.26. The highest BCUT2D eigenvalue weighted by Gasteiger charge is 2.32. The summed E-state index contributed by atoms with van der Waals surface area (Å²) in [5.74, 6) is -0.306. The van der Waals surface area contributed by atoms with E-state index in [4.69, 9.17) is 4.74 Å². The maximum atomic E-state index is 12.5. The molecule has 1 aliphatic rings. The Morgan fingerprint density at radius 1 is 1.14 bits per heavy atom. The van der Waals surface area contributed by atoms with Gasteiger partial charge in [-0.15, -0.1) is 0 Å². The van der Waals surface area contributed by atoms with Crippen molar-refractivity contribution in [2.45, 2.75) is 12.3 Å². The molecule has 108 valence electrons. The highest BCUT2D eigenvalue weighted by atomic mass is 16.5. The summed E-state index contributed by atoms with van der Waals surface area (Å²) in [6.07, 6.45) is 3.48. The number of nitrogens with one attached hydrogen (secondary N) is 1. The average molecular weight is 292 g/mol. The third-order valence-electron chi connectivity index (χ3n) is 3.93. The molecule has 3 heterocycles. The number of para-hydroxylation sites is 1. The van der Waals surface area contributed by atoms with Crippen LogP contribution in [-0.2, 0) is 4.79 Å². The number of pyridine rings is 2. The van der Waals surface area contributed by atoms with Crippen molar-refractivity contribution >= 4 is 16.9 Å². The van der Waals surface area contributed by atoms with Crippen molar-refractivity contribution in [3.8, 4) is 5.75 Å². The summed E-state index contributed by atoms with van der Waals surface area (Å²) in [7, 11) is 0. The lowest BCUT2D eigenvalue weighted by atomic mass is 9.87. The Kier molecular flexibility index (Phi) is 2.79. The molecule has 5 nitrogen and oxygen atoms in total. The first-order valence-electron chi connectivity index (χ1n) is 6.99. The number of fused-ring (bicyclic) bond motifs is 3. The smallest absolute Gasteiger partial charge is 0.312 e. The van der Waals surface area contributed by atoms with Crippen LogP contribution in [-0.4, -0.2) is 15.9 Å². The van der Waals surface area contributed by atoms with Gasteiger partial charge in [-0.25, -0.2) is 0 Å². The number of hydrogen-bond donors (Lipinski definition) is 1. The first kappa shape index (κ1) is 12.8. The van der Waals surface area contributed by atoms with E-state index in [1.807, 2.05) is 24.3 Å². The second kappa shape index (κ2) is 4.80. The molecule has 0 fully saturated rings. The Morgan fingerprint density at radius 2 is 2.00 bits per heavy atom. The van der Waals surface area contributed by atoms with Gasteiger partial charge in [0.15, 0.2) is 0 Å². The van der Waals surface area contributed by atoms with Crippen LogP contribution >= 0.6 is 0 Å². The normalized spacial score (nSPS) is 17.1. The molecular weight excluding hydrogens is 280 g/mol. The number of aromatic amines is 1. The molecule has 22 heavy (non-hydrogen) atoms. The van der Waals surface area contributed by atoms with Gasteiger partial charge in [0, 0.05) is 23.7 Å². The number of carbonyl (C=O) groups is 1. The summed E-state index contributed by atoms with van der Waals surface area (Å²) in [5, 5.41) is 0.735. The molecule has 0 radical (unpaired) electrons. The molecule has 2 aromatic heterocycles. The van der Waals surface area contributed by atoms with Crippen LogP contribution in [0.25, 0.3) is 10.9 Å². The molecule has 0 unspecified atom stereocenters. The molecular formula is C17H12N2O3. The van der Waals surface area contributed by atoms with Crippen molar-refractivity contribution in [3.63, 3.8) is 0 Å². The maximum absolute atomic E-state index is 12.5. The van der Waals surface area contributed by atoms with E-state index in [2.05, 4.69) is 9.97 Å². The largest absolute Gasteiger partial charge is 0.425 e. The van der Waals surface area contributed by atoms with E-state index >= 15 is 0 Å². The number of hydrogen-bond acceptors (Lipinski definition) is 4. The lowest BCUT2D eigenvalue weighted by molar-refractivity contribution is -0.135. The summed E-state index contributed by atoms with van der Waals surface area (Å²) in [6.45, 7) is 0. The van der Waals surface area contributed by atoms with E-state index in [9.17, 15) is 9.59 Å². The van der Waals surface area contributed by atoms with Crippen LogP contribution < -0.4 is 10.3 Å². The summed E-state index contributed by atoms with van der Waals surface area (Å²) in [6, 6.07) is 11.0. The Balaban J connectivity index is 2.04. The van der Waals surface area contributed by atoms with Crippen LogP contribution in [0.5, 0.6) is 5.75 Å². The van der Waals surface area contributed by atoms with E-state index in [1.165, 1.54) is 0 Å². The number of nitrogens with zero attached hydrogens (tertiary/aromatic N) is 1. The fourth-order valence-electron chi connectivity index (χ4n) is 2.95. The fraction of sp³-hybridized carbons (Fsp3) is 0.118. The second-order valence-electron chi connectivity index (χ2n) is 5.26. The summed E-state index contributed by atoms with van der Waals surface area (Å²) >= 11 is 0. The summed E-state index contributed by atoms with van der Waals surface area (Å²) in [5.41, 5.74) is 1.76. The predicted molar refractivity (Wildman–Crippen MR) is 80.9 cm³/mol. The highest BCUT2D eigenvalue weighted by molar-refractivity contribution is 5.91. The monoisotopic (exact) mass is 292 g/mol. The van der Waals surface area contributed by atoms with Crippen LogP contribution in [0.2, 0.25) is 0 Å². The van der Waals surface area contributed by atoms with Gasteiger partial charge >= 0.3 is 5.97 Å². The minimum atomic E-state index is -0.336. The zero-order chi connectivity index (χ0) is 15.1. The first-order valence-corrected chi connectivity index (χ1v) is 6.99. The highest BCUT2D eigenvalue weighted by Crippen LogP contribution is 2.39. The van der Waals surface area contributed by atoms with E-state index in [0.29, 0.717) is 16.8 Å². The van der Waals surface area contributed by atoms with E-state index < -0.39 is 0 Å². The van der Waals surface area contributed by atoms with Gasteiger partial charge in [-0.1, -0.05) is 18.2 Å². The van der Waals surface area contributed by atoms with Gasteiger partial charge in [0.05, 0.1) is 17.5 Å². The fourth-order valence-corrected chi connectivity index (χ4v) is 2.95. The molecule has 0 saturated carbocycles. The molecule has 1 aliphatic heterocycles. The molecule has 0 saturated heterocycles. The summed E-state index contributed by atoms with van der Waals surface area (Å²) in [4.78, 5) is 31.5. The molecule has 0 aliphatic carbocycles. The molecule has 0 amide bonds. The van der Waals surface area contributed by atoms with Crippen LogP contribution in [0.1, 0.15) is 23.5 Å². The number of benzene rings is 1. The number of H-pyrrole nitrogens is 1. The standard InChI is InChI=1S/C17H12N2O3/c20-14-8-12(10-4-3-7-18-9-10)15-16(22-14)11-5-1-2-6-13(11)19-17(15)21/h1-7,9,12H,8H2,(H,19,21)/t12-/m0/s1. The van der Waals surface area contributed by atoms with Crippen LogP contribution in [0.3, 0.4) is 0 Å². The minimum Gasteiger partial charge on any atom is -0.425 e. The SMILES string of the molecule is O=C1C[C@@H](c2cccnc2)c2c(c3ccccc3[nH]c2=O)O1. The lowest BCUT2D eigenvalue weighted by Gasteiger charge is -2.24. The van der Waals surface area contributed by atoms with Crippen LogP contribution in [0, 0.1) is 0 Å². The first-order chi connectivity index (χ1) is 10.7. The van der Waals surface area contributed by atoms with E-state index in [-0.39, 0.29) is 23.9 Å². The van der Waals surface area contributed by atoms with Crippen LogP contribution in [0.15, 0.2) is 53.6 Å². The third kappa shape index (κ3) is 1.90. The number of rotatable bonds is 1. The molecule has 1 N–H and O–H groups in total. The summed E-state index contributed by atoms with van der Waals surface area (Å²) < 4.78 is 5.40. The van der Waals surface area contributed by atoms with Gasteiger partial charge in [0.25, 0.3) is 5.56 Å². The Morgan fingerprint density at radius 3 is 2.82 bits per heavy atom. The molecule has 1 aromatic carbocycles. The zero-order valence-corrected chi connectivity index (χ0v) is 11.6. The predicted octanol–water partition coefficient (Wildman–Crippen LogP) is 2.36. The number of carbonyl (C=O) groups excluding carboxylic acids is 1. The van der Waals surface area contributed by atoms with Crippen molar-refractivity contribution in [1.82, 2.24) is 9.97 Å². The third-order valence-corrected chi connectivity index (χ3v) is 3.93.